The number of pyridine rings is 1. The molecule has 37 heavy (non-hydrogen) atoms. The highest BCUT2D eigenvalue weighted by atomic mass is 32.1. The van der Waals surface area contributed by atoms with Crippen LogP contribution < -0.4 is 15.4 Å². The zero-order chi connectivity index (χ0) is 26.4. The third-order valence-electron chi connectivity index (χ3n) is 5.89. The van der Waals surface area contributed by atoms with E-state index in [1.54, 1.807) is 32.4 Å². The maximum atomic E-state index is 13.8. The Kier molecular flexibility index (Phi) is 8.29. The van der Waals surface area contributed by atoms with Gasteiger partial charge in [0.1, 0.15) is 28.4 Å². The van der Waals surface area contributed by atoms with Crippen LogP contribution in [0, 0.1) is 12.7 Å². The average Bonchev–Trinajstić information content (AvgIpc) is 3.37. The van der Waals surface area contributed by atoms with Crippen LogP contribution in [0.1, 0.15) is 28.6 Å². The normalized spacial score (nSPS) is 11.7. The van der Waals surface area contributed by atoms with Gasteiger partial charge in [0.05, 0.1) is 13.7 Å². The Morgan fingerprint density at radius 1 is 1.19 bits per heavy atom. The molecule has 4 rings (SSSR count). The van der Waals surface area contributed by atoms with Gasteiger partial charge in [-0.1, -0.05) is 31.2 Å². The predicted molar refractivity (Wildman–Crippen MR) is 143 cm³/mol. The van der Waals surface area contributed by atoms with Crippen LogP contribution in [0.4, 0.5) is 15.9 Å². The van der Waals surface area contributed by atoms with E-state index in [9.17, 15) is 14.3 Å². The SMILES string of the molecule is CCc1cc(F)cc(C)c1NC(Cc1ccc(-c2nsc(CNc3cc(OC)ccn3)n2)cc1)C(=O)O. The lowest BCUT2D eigenvalue weighted by Gasteiger charge is -2.20. The second-order valence-electron chi connectivity index (χ2n) is 8.49. The summed E-state index contributed by atoms with van der Waals surface area (Å²) in [6, 6.07) is 13.1. The number of halogens is 1. The molecule has 0 bridgehead atoms. The molecular formula is C27H28FN5O3S. The molecule has 1 unspecified atom stereocenters. The Hall–Kier alpha value is -4.05. The number of aryl methyl sites for hydroxylation is 2. The first-order valence-electron chi connectivity index (χ1n) is 11.8. The summed E-state index contributed by atoms with van der Waals surface area (Å²) >= 11 is 1.30. The van der Waals surface area contributed by atoms with E-state index in [4.69, 9.17) is 4.74 Å². The number of ether oxygens (including phenoxy) is 1. The molecule has 2 aromatic carbocycles. The number of carbonyl (C=O) groups is 1. The van der Waals surface area contributed by atoms with Crippen molar-refractivity contribution in [3.8, 4) is 17.1 Å². The summed E-state index contributed by atoms with van der Waals surface area (Å²) in [5.41, 5.74) is 3.79. The van der Waals surface area contributed by atoms with E-state index >= 15 is 0 Å². The lowest BCUT2D eigenvalue weighted by molar-refractivity contribution is -0.137. The molecule has 4 aromatic rings. The van der Waals surface area contributed by atoms with Crippen LogP contribution in [0.3, 0.4) is 0 Å². The summed E-state index contributed by atoms with van der Waals surface area (Å²) in [5.74, 6) is 0.709. The number of nitrogens with one attached hydrogen (secondary N) is 2. The van der Waals surface area contributed by atoms with E-state index in [0.717, 1.165) is 27.4 Å². The van der Waals surface area contributed by atoms with Crippen molar-refractivity contribution in [1.82, 2.24) is 14.3 Å². The number of carboxylic acid groups (broad SMARTS) is 1. The number of anilines is 2. The Balaban J connectivity index is 1.41. The number of aliphatic carboxylic acids is 1. The van der Waals surface area contributed by atoms with Crippen LogP contribution in [0.15, 0.2) is 54.7 Å². The number of hydrogen-bond donors (Lipinski definition) is 3. The molecule has 0 aliphatic rings. The number of hydrogen-bond acceptors (Lipinski definition) is 8. The Morgan fingerprint density at radius 2 is 1.97 bits per heavy atom. The first-order chi connectivity index (χ1) is 17.9. The van der Waals surface area contributed by atoms with Crippen LogP contribution in [0.25, 0.3) is 11.4 Å². The van der Waals surface area contributed by atoms with E-state index in [1.807, 2.05) is 31.2 Å². The summed E-state index contributed by atoms with van der Waals surface area (Å²) < 4.78 is 23.5. The van der Waals surface area contributed by atoms with Gasteiger partial charge < -0.3 is 20.5 Å². The van der Waals surface area contributed by atoms with Crippen LogP contribution in [-0.4, -0.2) is 38.6 Å². The van der Waals surface area contributed by atoms with Crippen LogP contribution in [0.5, 0.6) is 5.75 Å². The fraction of sp³-hybridized carbons (Fsp3) is 0.259. The number of carboxylic acids is 1. The minimum atomic E-state index is -0.973. The van der Waals surface area contributed by atoms with Gasteiger partial charge in [-0.05, 0) is 59.8 Å². The van der Waals surface area contributed by atoms with Gasteiger partial charge in [0.25, 0.3) is 0 Å². The van der Waals surface area contributed by atoms with E-state index < -0.39 is 12.0 Å². The fourth-order valence-corrected chi connectivity index (χ4v) is 4.54. The highest BCUT2D eigenvalue weighted by Crippen LogP contribution is 2.25. The Labute approximate surface area is 218 Å². The third kappa shape index (κ3) is 6.59. The number of aromatic nitrogens is 3. The van der Waals surface area contributed by atoms with Gasteiger partial charge in [-0.15, -0.1) is 0 Å². The molecule has 0 fully saturated rings. The Morgan fingerprint density at radius 3 is 2.68 bits per heavy atom. The predicted octanol–water partition coefficient (Wildman–Crippen LogP) is 5.34. The maximum Gasteiger partial charge on any atom is 0.326 e. The van der Waals surface area contributed by atoms with Crippen molar-refractivity contribution in [3.63, 3.8) is 0 Å². The van der Waals surface area contributed by atoms with Gasteiger partial charge >= 0.3 is 5.97 Å². The molecule has 0 amide bonds. The second-order valence-corrected chi connectivity index (χ2v) is 9.33. The third-order valence-corrected chi connectivity index (χ3v) is 6.60. The number of benzene rings is 2. The molecular weight excluding hydrogens is 493 g/mol. The standard InChI is InChI=1S/C27H28FN5O3S/c1-4-18-13-20(28)11-16(2)25(18)31-22(27(34)35)12-17-5-7-19(8-6-17)26-32-24(37-33-26)15-30-23-14-21(36-3)9-10-29-23/h5-11,13-14,22,31H,4,12,15H2,1-3H3,(H,29,30)(H,34,35). The molecule has 192 valence electrons. The summed E-state index contributed by atoms with van der Waals surface area (Å²) in [4.78, 5) is 20.9. The maximum absolute atomic E-state index is 13.8. The topological polar surface area (TPSA) is 109 Å². The quantitative estimate of drug-likeness (QED) is 0.243. The molecule has 2 aromatic heterocycles. The molecule has 2 heterocycles. The fourth-order valence-electron chi connectivity index (χ4n) is 3.94. The molecule has 0 aliphatic carbocycles. The molecule has 10 heteroatoms. The zero-order valence-electron chi connectivity index (χ0n) is 20.8. The van der Waals surface area contributed by atoms with Crippen molar-refractivity contribution in [1.29, 1.82) is 0 Å². The smallest absolute Gasteiger partial charge is 0.326 e. The van der Waals surface area contributed by atoms with Crippen LogP contribution in [-0.2, 0) is 24.2 Å². The summed E-state index contributed by atoms with van der Waals surface area (Å²) in [7, 11) is 1.61. The van der Waals surface area contributed by atoms with Gasteiger partial charge in [-0.25, -0.2) is 19.2 Å². The van der Waals surface area contributed by atoms with Crippen LogP contribution in [0.2, 0.25) is 0 Å². The van der Waals surface area contributed by atoms with Gasteiger partial charge in [0.2, 0.25) is 0 Å². The monoisotopic (exact) mass is 521 g/mol. The molecule has 1 atom stereocenters. The van der Waals surface area contributed by atoms with Crippen LogP contribution >= 0.6 is 11.5 Å². The number of rotatable bonds is 11. The van der Waals surface area contributed by atoms with Crippen molar-refractivity contribution in [2.75, 3.05) is 17.7 Å². The summed E-state index contributed by atoms with van der Waals surface area (Å²) in [5, 5.41) is 17.0. The largest absolute Gasteiger partial charge is 0.497 e. The molecule has 8 nitrogen and oxygen atoms in total. The van der Waals surface area contributed by atoms with Crippen molar-refractivity contribution < 1.29 is 19.0 Å². The summed E-state index contributed by atoms with van der Waals surface area (Å²) in [6.07, 6.45) is 2.53. The van der Waals surface area contributed by atoms with Gasteiger partial charge in [0.15, 0.2) is 5.82 Å². The van der Waals surface area contributed by atoms with E-state index in [1.165, 1.54) is 23.7 Å². The molecule has 0 aliphatic heterocycles. The molecule has 0 spiro atoms. The van der Waals surface area contributed by atoms with Gasteiger partial charge in [-0.2, -0.15) is 4.37 Å². The summed E-state index contributed by atoms with van der Waals surface area (Å²) in [6.45, 7) is 4.16. The molecule has 3 N–H and O–H groups in total. The minimum absolute atomic E-state index is 0.267. The highest BCUT2D eigenvalue weighted by Gasteiger charge is 2.20. The number of nitrogens with zero attached hydrogens (tertiary/aromatic N) is 3. The van der Waals surface area contributed by atoms with E-state index in [-0.39, 0.29) is 12.2 Å². The first-order valence-corrected chi connectivity index (χ1v) is 12.6. The minimum Gasteiger partial charge on any atom is -0.497 e. The Bertz CT molecular complexity index is 1380. The van der Waals surface area contributed by atoms with E-state index in [2.05, 4.69) is 25.0 Å². The van der Waals surface area contributed by atoms with E-state index in [0.29, 0.717) is 35.9 Å². The zero-order valence-corrected chi connectivity index (χ0v) is 21.6. The molecule has 0 radical (unpaired) electrons. The lowest BCUT2D eigenvalue weighted by Crippen LogP contribution is -2.32. The lowest BCUT2D eigenvalue weighted by atomic mass is 10.0. The average molecular weight is 522 g/mol. The van der Waals surface area contributed by atoms with Crippen molar-refractivity contribution in [2.45, 2.75) is 39.3 Å². The van der Waals surface area contributed by atoms with Crippen molar-refractivity contribution >= 4 is 29.0 Å². The van der Waals surface area contributed by atoms with Gasteiger partial charge in [0, 0.05) is 29.9 Å². The van der Waals surface area contributed by atoms with Crippen molar-refractivity contribution in [3.05, 3.63) is 82.2 Å². The first kappa shape index (κ1) is 26.0. The second kappa shape index (κ2) is 11.8. The molecule has 0 saturated heterocycles. The number of methoxy groups -OCH3 is 1. The van der Waals surface area contributed by atoms with Gasteiger partial charge in [-0.3, -0.25) is 0 Å². The molecule has 0 saturated carbocycles. The highest BCUT2D eigenvalue weighted by molar-refractivity contribution is 7.05. The van der Waals surface area contributed by atoms with Crippen molar-refractivity contribution in [2.24, 2.45) is 0 Å².